The van der Waals surface area contributed by atoms with Crippen LogP contribution in [-0.4, -0.2) is 5.16 Å². The third kappa shape index (κ3) is 2.56. The summed E-state index contributed by atoms with van der Waals surface area (Å²) in [5, 5.41) is 3.63. The maximum atomic E-state index is 4.97. The first-order chi connectivity index (χ1) is 5.95. The number of rotatable bonds is 2. The Kier molecular flexibility index (Phi) is 3.46. The largest absolute Gasteiger partial charge is 1.00 e. The monoisotopic (exact) mass is 196 g/mol. The van der Waals surface area contributed by atoms with E-state index >= 15 is 0 Å². The molecule has 0 saturated heterocycles. The number of halogens is 1. The van der Waals surface area contributed by atoms with Crippen molar-refractivity contribution in [1.82, 2.24) is 5.16 Å². The summed E-state index contributed by atoms with van der Waals surface area (Å²) in [5.41, 5.74) is 0. The molecular formula is C9H9ClN2O. The van der Waals surface area contributed by atoms with Crippen LogP contribution in [0.1, 0.15) is 5.76 Å². The van der Waals surface area contributed by atoms with E-state index in [-0.39, 0.29) is 12.4 Å². The quantitative estimate of drug-likeness (QED) is 0.521. The molecule has 0 aliphatic carbocycles. The van der Waals surface area contributed by atoms with Gasteiger partial charge in [0.1, 0.15) is 0 Å². The van der Waals surface area contributed by atoms with Gasteiger partial charge >= 0.3 is 0 Å². The van der Waals surface area contributed by atoms with Crippen LogP contribution in [-0.2, 0) is 6.54 Å². The fourth-order valence-corrected chi connectivity index (χ4v) is 1.04. The van der Waals surface area contributed by atoms with Crippen molar-refractivity contribution in [3.63, 3.8) is 0 Å². The second-order valence-electron chi connectivity index (χ2n) is 2.53. The highest BCUT2D eigenvalue weighted by atomic mass is 35.5. The molecule has 0 unspecified atom stereocenters. The van der Waals surface area contributed by atoms with Gasteiger partial charge in [0.05, 0.1) is 6.20 Å². The molecule has 2 rings (SSSR count). The molecule has 0 bridgehead atoms. The fraction of sp³-hybridized carbons (Fsp3) is 0.111. The standard InChI is InChI=1S/C9H9N2O.ClH/c1-2-6-11(7-3-1)8-9-4-5-10-12-9;/h1-7H,8H2;1H/q+1;/p-1. The third-order valence-electron chi connectivity index (χ3n) is 1.61. The van der Waals surface area contributed by atoms with Crippen LogP contribution in [0.25, 0.3) is 0 Å². The lowest BCUT2D eigenvalue weighted by molar-refractivity contribution is -0.690. The highest BCUT2D eigenvalue weighted by molar-refractivity contribution is 4.90. The third-order valence-corrected chi connectivity index (χ3v) is 1.61. The second kappa shape index (κ2) is 4.62. The molecule has 68 valence electrons. The van der Waals surface area contributed by atoms with E-state index in [4.69, 9.17) is 4.52 Å². The van der Waals surface area contributed by atoms with Gasteiger partial charge in [-0.2, -0.15) is 4.57 Å². The molecular weight excluding hydrogens is 188 g/mol. The van der Waals surface area contributed by atoms with E-state index in [0.29, 0.717) is 0 Å². The van der Waals surface area contributed by atoms with Crippen LogP contribution in [0.3, 0.4) is 0 Å². The predicted octanol–water partition coefficient (Wildman–Crippen LogP) is -1.99. The lowest BCUT2D eigenvalue weighted by Crippen LogP contribution is -3.00. The molecule has 4 heteroatoms. The lowest BCUT2D eigenvalue weighted by Gasteiger charge is -1.89. The summed E-state index contributed by atoms with van der Waals surface area (Å²) in [6.45, 7) is 0.737. The van der Waals surface area contributed by atoms with Crippen LogP contribution in [0.4, 0.5) is 0 Å². The highest BCUT2D eigenvalue weighted by Crippen LogP contribution is 1.94. The van der Waals surface area contributed by atoms with Gasteiger partial charge in [0, 0.05) is 18.2 Å². The normalized spacial score (nSPS) is 9.23. The van der Waals surface area contributed by atoms with E-state index in [2.05, 4.69) is 5.16 Å². The Hall–Kier alpha value is -1.35. The van der Waals surface area contributed by atoms with Crippen LogP contribution in [0.15, 0.2) is 47.4 Å². The molecule has 0 aliphatic rings. The Balaban J connectivity index is 0.000000845. The summed E-state index contributed by atoms with van der Waals surface area (Å²) in [7, 11) is 0. The van der Waals surface area contributed by atoms with Gasteiger partial charge in [-0.3, -0.25) is 0 Å². The van der Waals surface area contributed by atoms with Gasteiger partial charge in [0.15, 0.2) is 12.4 Å². The molecule has 0 saturated carbocycles. The molecule has 0 radical (unpaired) electrons. The Bertz CT molecular complexity index is 334. The molecule has 0 spiro atoms. The summed E-state index contributed by atoms with van der Waals surface area (Å²) in [5.74, 6) is 0.867. The fourth-order valence-electron chi connectivity index (χ4n) is 1.04. The van der Waals surface area contributed by atoms with Crippen molar-refractivity contribution in [1.29, 1.82) is 0 Å². The van der Waals surface area contributed by atoms with Crippen LogP contribution in [0, 0.1) is 0 Å². The molecule has 0 atom stereocenters. The van der Waals surface area contributed by atoms with Crippen molar-refractivity contribution in [2.24, 2.45) is 0 Å². The average molecular weight is 197 g/mol. The van der Waals surface area contributed by atoms with Crippen LogP contribution in [0.5, 0.6) is 0 Å². The van der Waals surface area contributed by atoms with Crippen molar-refractivity contribution in [2.45, 2.75) is 6.54 Å². The minimum atomic E-state index is 0. The zero-order valence-electron chi connectivity index (χ0n) is 6.93. The zero-order chi connectivity index (χ0) is 8.23. The van der Waals surface area contributed by atoms with Gasteiger partial charge in [0.25, 0.3) is 0 Å². The highest BCUT2D eigenvalue weighted by Gasteiger charge is 2.03. The Morgan fingerprint density at radius 3 is 2.62 bits per heavy atom. The summed E-state index contributed by atoms with van der Waals surface area (Å²) >= 11 is 0. The van der Waals surface area contributed by atoms with Crippen molar-refractivity contribution in [3.8, 4) is 0 Å². The first-order valence-electron chi connectivity index (χ1n) is 3.79. The zero-order valence-corrected chi connectivity index (χ0v) is 7.69. The Morgan fingerprint density at radius 1 is 1.23 bits per heavy atom. The molecule has 0 fully saturated rings. The SMILES string of the molecule is [Cl-].c1cc[n+](Cc2ccno2)cc1. The predicted molar refractivity (Wildman–Crippen MR) is 42.2 cm³/mol. The summed E-state index contributed by atoms with van der Waals surface area (Å²) in [4.78, 5) is 0. The maximum Gasteiger partial charge on any atom is 0.208 e. The minimum absolute atomic E-state index is 0. The van der Waals surface area contributed by atoms with E-state index in [1.807, 2.05) is 41.2 Å². The van der Waals surface area contributed by atoms with Gasteiger partial charge in [-0.1, -0.05) is 11.2 Å². The van der Waals surface area contributed by atoms with E-state index in [1.54, 1.807) is 6.20 Å². The molecule has 2 heterocycles. The Labute approximate surface area is 82.4 Å². The molecule has 0 aromatic carbocycles. The van der Waals surface area contributed by atoms with Crippen LogP contribution in [0.2, 0.25) is 0 Å². The molecule has 3 nitrogen and oxygen atoms in total. The summed E-state index contributed by atoms with van der Waals surface area (Å²) in [6, 6.07) is 7.81. The van der Waals surface area contributed by atoms with E-state index in [1.165, 1.54) is 0 Å². The van der Waals surface area contributed by atoms with E-state index in [0.717, 1.165) is 12.3 Å². The topological polar surface area (TPSA) is 29.9 Å². The minimum Gasteiger partial charge on any atom is -1.00 e. The number of nitrogens with zero attached hydrogens (tertiary/aromatic N) is 2. The van der Waals surface area contributed by atoms with Gasteiger partial charge in [-0.25, -0.2) is 0 Å². The van der Waals surface area contributed by atoms with Crippen molar-refractivity contribution in [2.75, 3.05) is 0 Å². The van der Waals surface area contributed by atoms with Crippen LogP contribution < -0.4 is 17.0 Å². The van der Waals surface area contributed by atoms with E-state index in [9.17, 15) is 0 Å². The van der Waals surface area contributed by atoms with Gasteiger partial charge in [-0.15, -0.1) is 0 Å². The summed E-state index contributed by atoms with van der Waals surface area (Å²) < 4.78 is 6.99. The molecule has 0 aliphatic heterocycles. The number of hydrogen-bond donors (Lipinski definition) is 0. The van der Waals surface area contributed by atoms with Crippen LogP contribution >= 0.6 is 0 Å². The van der Waals surface area contributed by atoms with Crippen molar-refractivity contribution >= 4 is 0 Å². The molecule has 0 N–H and O–H groups in total. The van der Waals surface area contributed by atoms with E-state index < -0.39 is 0 Å². The maximum absolute atomic E-state index is 4.97. The average Bonchev–Trinajstić information content (AvgIpc) is 2.59. The van der Waals surface area contributed by atoms with Gasteiger partial charge in [-0.05, 0) is 0 Å². The molecule has 13 heavy (non-hydrogen) atoms. The lowest BCUT2D eigenvalue weighted by atomic mass is 10.4. The van der Waals surface area contributed by atoms with Gasteiger partial charge < -0.3 is 16.9 Å². The first kappa shape index (κ1) is 9.74. The first-order valence-corrected chi connectivity index (χ1v) is 3.79. The van der Waals surface area contributed by atoms with Gasteiger partial charge in [0.2, 0.25) is 12.3 Å². The molecule has 2 aromatic rings. The smallest absolute Gasteiger partial charge is 0.208 e. The molecule has 0 amide bonds. The second-order valence-corrected chi connectivity index (χ2v) is 2.53. The number of hydrogen-bond acceptors (Lipinski definition) is 2. The Morgan fingerprint density at radius 2 is 2.00 bits per heavy atom. The molecule has 2 aromatic heterocycles. The number of pyridine rings is 1. The van der Waals surface area contributed by atoms with Crippen molar-refractivity contribution in [3.05, 3.63) is 48.6 Å². The van der Waals surface area contributed by atoms with Crippen molar-refractivity contribution < 1.29 is 21.5 Å². The summed E-state index contributed by atoms with van der Waals surface area (Å²) in [6.07, 6.45) is 5.63. The number of aromatic nitrogens is 2.